The second kappa shape index (κ2) is 6.15. The first kappa shape index (κ1) is 15.1. The van der Waals surface area contributed by atoms with E-state index in [0.29, 0.717) is 17.7 Å². The summed E-state index contributed by atoms with van der Waals surface area (Å²) in [5.74, 6) is -0.947. The summed E-state index contributed by atoms with van der Waals surface area (Å²) in [7, 11) is 0. The van der Waals surface area contributed by atoms with Crippen molar-refractivity contribution >= 4 is 0 Å². The van der Waals surface area contributed by atoms with Crippen LogP contribution < -0.4 is 5.32 Å². The summed E-state index contributed by atoms with van der Waals surface area (Å²) in [6.45, 7) is 1.52. The second-order valence-electron chi connectivity index (χ2n) is 5.83. The zero-order valence-electron chi connectivity index (χ0n) is 12.2. The molecular formula is C18H19F2NO. The average molecular weight is 303 g/mol. The van der Waals surface area contributed by atoms with Gasteiger partial charge in [0.1, 0.15) is 17.2 Å². The van der Waals surface area contributed by atoms with Gasteiger partial charge < -0.3 is 10.4 Å². The average Bonchev–Trinajstić information content (AvgIpc) is 2.55. The topological polar surface area (TPSA) is 32.3 Å². The molecule has 2 nitrogen and oxygen atoms in total. The van der Waals surface area contributed by atoms with E-state index in [1.807, 2.05) is 0 Å². The molecule has 4 heteroatoms. The fraction of sp³-hybridized carbons (Fsp3) is 0.333. The maximum atomic E-state index is 13.7. The van der Waals surface area contributed by atoms with Crippen LogP contribution in [0.1, 0.15) is 24.0 Å². The van der Waals surface area contributed by atoms with Crippen molar-refractivity contribution in [3.8, 4) is 0 Å². The highest BCUT2D eigenvalue weighted by Gasteiger charge is 2.41. The first-order chi connectivity index (χ1) is 10.6. The minimum Gasteiger partial charge on any atom is -0.380 e. The van der Waals surface area contributed by atoms with E-state index in [9.17, 15) is 13.9 Å². The molecule has 1 heterocycles. The third-order valence-electron chi connectivity index (χ3n) is 4.42. The Morgan fingerprint density at radius 1 is 1.00 bits per heavy atom. The summed E-state index contributed by atoms with van der Waals surface area (Å²) in [5, 5.41) is 14.7. The van der Waals surface area contributed by atoms with Crippen molar-refractivity contribution in [1.82, 2.24) is 5.32 Å². The number of benzene rings is 2. The number of hydrogen-bond donors (Lipinski definition) is 2. The van der Waals surface area contributed by atoms with Crippen LogP contribution in [0.2, 0.25) is 0 Å². The van der Waals surface area contributed by atoms with Crippen LogP contribution in [-0.4, -0.2) is 18.2 Å². The molecule has 1 fully saturated rings. The molecule has 2 N–H and O–H groups in total. The SMILES string of the molecule is OC(c1cccc(F)c1)(c1cccc(F)c1)C1CCCNC1. The van der Waals surface area contributed by atoms with E-state index in [0.717, 1.165) is 19.4 Å². The number of piperidine rings is 1. The van der Waals surface area contributed by atoms with Gasteiger partial charge in [-0.3, -0.25) is 0 Å². The lowest BCUT2D eigenvalue weighted by Crippen LogP contribution is -2.45. The highest BCUT2D eigenvalue weighted by atomic mass is 19.1. The van der Waals surface area contributed by atoms with E-state index in [-0.39, 0.29) is 5.92 Å². The number of nitrogens with one attached hydrogen (secondary N) is 1. The lowest BCUT2D eigenvalue weighted by molar-refractivity contribution is 0.00492. The summed E-state index contributed by atoms with van der Waals surface area (Å²) in [5.41, 5.74) is -0.476. The quantitative estimate of drug-likeness (QED) is 0.912. The standard InChI is InChI=1S/C18H19F2NO/c19-16-7-1-4-13(10-16)18(22,15-6-3-9-21-12-15)14-5-2-8-17(20)11-14/h1-2,4-5,7-8,10-11,15,21-22H,3,6,9,12H2. The monoisotopic (exact) mass is 303 g/mol. The fourth-order valence-corrected chi connectivity index (χ4v) is 3.30. The predicted octanol–water partition coefficient (Wildman–Crippen LogP) is 3.20. The molecule has 0 amide bonds. The molecule has 2 aromatic rings. The molecule has 2 aromatic carbocycles. The highest BCUT2D eigenvalue weighted by Crippen LogP contribution is 2.40. The first-order valence-corrected chi connectivity index (χ1v) is 7.56. The molecule has 1 unspecified atom stereocenters. The largest absolute Gasteiger partial charge is 0.380 e. The Labute approximate surface area is 128 Å². The lowest BCUT2D eigenvalue weighted by atomic mass is 9.73. The molecule has 1 aliphatic rings. The third-order valence-corrected chi connectivity index (χ3v) is 4.42. The Kier molecular flexibility index (Phi) is 4.23. The first-order valence-electron chi connectivity index (χ1n) is 7.56. The van der Waals surface area contributed by atoms with Gasteiger partial charge in [-0.15, -0.1) is 0 Å². The Bertz CT molecular complexity index is 608. The summed E-state index contributed by atoms with van der Waals surface area (Å²) in [4.78, 5) is 0. The Balaban J connectivity index is 2.12. The van der Waals surface area contributed by atoms with Crippen molar-refractivity contribution in [2.75, 3.05) is 13.1 Å². The van der Waals surface area contributed by atoms with Crippen molar-refractivity contribution < 1.29 is 13.9 Å². The molecule has 1 saturated heterocycles. The molecule has 0 bridgehead atoms. The van der Waals surface area contributed by atoms with E-state index < -0.39 is 17.2 Å². The number of halogens is 2. The van der Waals surface area contributed by atoms with Gasteiger partial charge in [0.2, 0.25) is 0 Å². The normalized spacial score (nSPS) is 19.1. The van der Waals surface area contributed by atoms with Gasteiger partial charge in [-0.1, -0.05) is 24.3 Å². The number of rotatable bonds is 3. The molecule has 0 spiro atoms. The Hall–Kier alpha value is -1.78. The summed E-state index contributed by atoms with van der Waals surface area (Å²) < 4.78 is 27.3. The predicted molar refractivity (Wildman–Crippen MR) is 81.4 cm³/mol. The Morgan fingerprint density at radius 3 is 2.05 bits per heavy atom. The zero-order chi connectivity index (χ0) is 15.6. The van der Waals surface area contributed by atoms with Crippen LogP contribution in [0.3, 0.4) is 0 Å². The second-order valence-corrected chi connectivity index (χ2v) is 5.83. The van der Waals surface area contributed by atoms with Crippen LogP contribution in [0, 0.1) is 17.6 Å². The van der Waals surface area contributed by atoms with Crippen molar-refractivity contribution in [1.29, 1.82) is 0 Å². The van der Waals surface area contributed by atoms with Crippen molar-refractivity contribution in [2.24, 2.45) is 5.92 Å². The lowest BCUT2D eigenvalue weighted by Gasteiger charge is -2.39. The van der Waals surface area contributed by atoms with Gasteiger partial charge in [-0.2, -0.15) is 0 Å². The van der Waals surface area contributed by atoms with Gasteiger partial charge in [0.05, 0.1) is 0 Å². The molecule has 0 aliphatic carbocycles. The summed E-state index contributed by atoms with van der Waals surface area (Å²) >= 11 is 0. The van der Waals surface area contributed by atoms with Crippen molar-refractivity contribution in [2.45, 2.75) is 18.4 Å². The van der Waals surface area contributed by atoms with Crippen LogP contribution in [0.25, 0.3) is 0 Å². The van der Waals surface area contributed by atoms with Crippen LogP contribution >= 0.6 is 0 Å². The highest BCUT2D eigenvalue weighted by molar-refractivity contribution is 5.37. The third kappa shape index (κ3) is 2.76. The maximum absolute atomic E-state index is 13.7. The Morgan fingerprint density at radius 2 is 1.59 bits per heavy atom. The number of hydrogen-bond acceptors (Lipinski definition) is 2. The number of aliphatic hydroxyl groups is 1. The summed E-state index contributed by atoms with van der Waals surface area (Å²) in [6.07, 6.45) is 1.73. The molecule has 116 valence electrons. The van der Waals surface area contributed by atoms with Crippen molar-refractivity contribution in [3.05, 3.63) is 71.3 Å². The molecular weight excluding hydrogens is 284 g/mol. The summed E-state index contributed by atoms with van der Waals surface area (Å²) in [6, 6.07) is 11.9. The van der Waals surface area contributed by atoms with Crippen molar-refractivity contribution in [3.63, 3.8) is 0 Å². The fourth-order valence-electron chi connectivity index (χ4n) is 3.30. The molecule has 22 heavy (non-hydrogen) atoms. The molecule has 0 aromatic heterocycles. The van der Waals surface area contributed by atoms with E-state index in [2.05, 4.69) is 5.32 Å². The minimum absolute atomic E-state index is 0.134. The van der Waals surface area contributed by atoms with E-state index in [1.165, 1.54) is 24.3 Å². The van der Waals surface area contributed by atoms with Gasteiger partial charge in [0.25, 0.3) is 0 Å². The van der Waals surface area contributed by atoms with Crippen LogP contribution in [0.4, 0.5) is 8.78 Å². The maximum Gasteiger partial charge on any atom is 0.123 e. The molecule has 3 rings (SSSR count). The van der Waals surface area contributed by atoms with Gasteiger partial charge >= 0.3 is 0 Å². The van der Waals surface area contributed by atoms with Crippen LogP contribution in [0.15, 0.2) is 48.5 Å². The molecule has 0 saturated carbocycles. The van der Waals surface area contributed by atoms with Gasteiger partial charge in [0.15, 0.2) is 0 Å². The van der Waals surface area contributed by atoms with Crippen LogP contribution in [-0.2, 0) is 5.60 Å². The molecule has 1 aliphatic heterocycles. The van der Waals surface area contributed by atoms with Gasteiger partial charge in [-0.25, -0.2) is 8.78 Å². The smallest absolute Gasteiger partial charge is 0.123 e. The molecule has 1 atom stereocenters. The van der Waals surface area contributed by atoms with Gasteiger partial charge in [0, 0.05) is 12.5 Å². The van der Waals surface area contributed by atoms with E-state index in [1.54, 1.807) is 24.3 Å². The van der Waals surface area contributed by atoms with E-state index in [4.69, 9.17) is 0 Å². The van der Waals surface area contributed by atoms with E-state index >= 15 is 0 Å². The van der Waals surface area contributed by atoms with Gasteiger partial charge in [-0.05, 0) is 54.8 Å². The minimum atomic E-state index is -1.41. The molecule has 0 radical (unpaired) electrons. The van der Waals surface area contributed by atoms with Crippen LogP contribution in [0.5, 0.6) is 0 Å². The zero-order valence-corrected chi connectivity index (χ0v) is 12.2.